The minimum Gasteiger partial charge on any atom is -0.356 e. The molecular weight excluding hydrogens is 252 g/mol. The van der Waals surface area contributed by atoms with Gasteiger partial charge in [-0.05, 0) is 29.9 Å². The molecule has 90 valence electrons. The van der Waals surface area contributed by atoms with Crippen LogP contribution >= 0.6 is 22.9 Å². The van der Waals surface area contributed by atoms with E-state index in [0.29, 0.717) is 11.3 Å². The Bertz CT molecular complexity index is 525. The molecule has 0 spiro atoms. The van der Waals surface area contributed by atoms with Crippen molar-refractivity contribution in [1.29, 1.82) is 0 Å². The van der Waals surface area contributed by atoms with Gasteiger partial charge in [-0.1, -0.05) is 6.92 Å². The number of rotatable bonds is 1. The van der Waals surface area contributed by atoms with Crippen LogP contribution in [0.4, 0.5) is 5.82 Å². The quantitative estimate of drug-likeness (QED) is 0.731. The highest BCUT2D eigenvalue weighted by atomic mass is 35.5. The fraction of sp³-hybridized carbons (Fsp3) is 0.462. The summed E-state index contributed by atoms with van der Waals surface area (Å²) in [4.78, 5) is 6.93. The Kier molecular flexibility index (Phi) is 2.97. The van der Waals surface area contributed by atoms with Gasteiger partial charge < -0.3 is 4.90 Å². The molecule has 1 aliphatic heterocycles. The molecule has 0 N–H and O–H groups in total. The van der Waals surface area contributed by atoms with Gasteiger partial charge in [-0.25, -0.2) is 4.98 Å². The van der Waals surface area contributed by atoms with E-state index in [1.165, 1.54) is 10.1 Å². The maximum atomic E-state index is 6.27. The number of piperidine rings is 1. The molecule has 1 saturated heterocycles. The van der Waals surface area contributed by atoms with Crippen LogP contribution in [0.2, 0.25) is 0 Å². The van der Waals surface area contributed by atoms with Gasteiger partial charge in [0, 0.05) is 34.7 Å². The predicted molar refractivity (Wildman–Crippen MR) is 75.3 cm³/mol. The Labute approximate surface area is 110 Å². The van der Waals surface area contributed by atoms with Crippen molar-refractivity contribution >= 4 is 38.8 Å². The largest absolute Gasteiger partial charge is 0.356 e. The molecule has 0 aliphatic carbocycles. The number of hydrogen-bond donors (Lipinski definition) is 0. The monoisotopic (exact) mass is 266 g/mol. The molecule has 1 fully saturated rings. The van der Waals surface area contributed by atoms with Crippen molar-refractivity contribution in [1.82, 2.24) is 4.98 Å². The van der Waals surface area contributed by atoms with Gasteiger partial charge in [-0.2, -0.15) is 0 Å². The zero-order valence-electron chi connectivity index (χ0n) is 9.77. The number of anilines is 1. The second-order valence-electron chi connectivity index (χ2n) is 4.69. The molecule has 2 nitrogen and oxygen atoms in total. The lowest BCUT2D eigenvalue weighted by Crippen LogP contribution is -2.40. The van der Waals surface area contributed by atoms with E-state index in [4.69, 9.17) is 11.6 Å². The molecule has 4 heteroatoms. The molecule has 2 aromatic rings. The number of alkyl halides is 1. The fourth-order valence-corrected chi connectivity index (χ4v) is 3.39. The topological polar surface area (TPSA) is 16.1 Å². The number of aromatic nitrogens is 1. The third-order valence-electron chi connectivity index (χ3n) is 3.46. The van der Waals surface area contributed by atoms with E-state index in [0.717, 1.165) is 25.3 Å². The zero-order chi connectivity index (χ0) is 11.8. The highest BCUT2D eigenvalue weighted by Gasteiger charge is 2.25. The second-order valence-corrected chi connectivity index (χ2v) is 6.20. The van der Waals surface area contributed by atoms with Gasteiger partial charge in [0.2, 0.25) is 0 Å². The van der Waals surface area contributed by atoms with Crippen molar-refractivity contribution in [2.75, 3.05) is 18.0 Å². The summed E-state index contributed by atoms with van der Waals surface area (Å²) >= 11 is 8.05. The summed E-state index contributed by atoms with van der Waals surface area (Å²) < 4.78 is 1.32. The van der Waals surface area contributed by atoms with E-state index in [2.05, 4.69) is 34.3 Å². The summed E-state index contributed by atoms with van der Waals surface area (Å²) in [6.07, 6.45) is 2.95. The number of halogens is 1. The van der Waals surface area contributed by atoms with E-state index in [-0.39, 0.29) is 0 Å². The smallest absolute Gasteiger partial charge is 0.137 e. The summed E-state index contributed by atoms with van der Waals surface area (Å²) in [6.45, 7) is 4.24. The number of hydrogen-bond acceptors (Lipinski definition) is 3. The van der Waals surface area contributed by atoms with Gasteiger partial charge in [-0.3, -0.25) is 0 Å². The standard InChI is InChI=1S/C13H15ClN2S/c1-9-8-16(6-3-11(9)14)13-10-4-7-17-12(10)2-5-15-13/h2,4-5,7,9,11H,3,6,8H2,1H3. The van der Waals surface area contributed by atoms with Gasteiger partial charge in [0.15, 0.2) is 0 Å². The molecule has 2 unspecified atom stereocenters. The minimum atomic E-state index is 0.313. The normalized spacial score (nSPS) is 25.4. The van der Waals surface area contributed by atoms with Crippen LogP contribution in [0.25, 0.3) is 10.1 Å². The average molecular weight is 267 g/mol. The van der Waals surface area contributed by atoms with Crippen molar-refractivity contribution in [3.63, 3.8) is 0 Å². The van der Waals surface area contributed by atoms with Crippen molar-refractivity contribution in [2.24, 2.45) is 5.92 Å². The van der Waals surface area contributed by atoms with Crippen molar-refractivity contribution in [2.45, 2.75) is 18.7 Å². The van der Waals surface area contributed by atoms with Crippen LogP contribution in [0.5, 0.6) is 0 Å². The summed E-state index contributed by atoms with van der Waals surface area (Å²) in [6, 6.07) is 4.25. The molecule has 2 atom stereocenters. The Hall–Kier alpha value is -0.800. The third kappa shape index (κ3) is 2.02. The highest BCUT2D eigenvalue weighted by Crippen LogP contribution is 2.32. The Morgan fingerprint density at radius 1 is 1.47 bits per heavy atom. The van der Waals surface area contributed by atoms with Crippen LogP contribution < -0.4 is 4.90 Å². The lowest BCUT2D eigenvalue weighted by Gasteiger charge is -2.35. The van der Waals surface area contributed by atoms with Gasteiger partial charge in [-0.15, -0.1) is 22.9 Å². The molecule has 0 amide bonds. The lowest BCUT2D eigenvalue weighted by molar-refractivity contribution is 0.453. The molecule has 0 aromatic carbocycles. The van der Waals surface area contributed by atoms with Crippen molar-refractivity contribution in [3.05, 3.63) is 23.7 Å². The van der Waals surface area contributed by atoms with E-state index in [9.17, 15) is 0 Å². The number of fused-ring (bicyclic) bond motifs is 1. The van der Waals surface area contributed by atoms with Gasteiger partial charge in [0.1, 0.15) is 5.82 Å². The molecule has 3 rings (SSSR count). The van der Waals surface area contributed by atoms with Crippen molar-refractivity contribution < 1.29 is 0 Å². The summed E-state index contributed by atoms with van der Waals surface area (Å²) in [5.74, 6) is 1.65. The van der Waals surface area contributed by atoms with Gasteiger partial charge in [0.25, 0.3) is 0 Å². The minimum absolute atomic E-state index is 0.313. The highest BCUT2D eigenvalue weighted by molar-refractivity contribution is 7.17. The van der Waals surface area contributed by atoms with E-state index >= 15 is 0 Å². The Morgan fingerprint density at radius 2 is 2.35 bits per heavy atom. The first-order chi connectivity index (χ1) is 8.25. The third-order valence-corrected chi connectivity index (χ3v) is 4.99. The molecule has 17 heavy (non-hydrogen) atoms. The van der Waals surface area contributed by atoms with Gasteiger partial charge >= 0.3 is 0 Å². The Balaban J connectivity index is 1.96. The average Bonchev–Trinajstić information content (AvgIpc) is 2.80. The van der Waals surface area contributed by atoms with Crippen LogP contribution in [-0.4, -0.2) is 23.5 Å². The Morgan fingerprint density at radius 3 is 3.18 bits per heavy atom. The van der Waals surface area contributed by atoms with Crippen LogP contribution in [-0.2, 0) is 0 Å². The maximum Gasteiger partial charge on any atom is 0.137 e. The van der Waals surface area contributed by atoms with Crippen LogP contribution in [0.15, 0.2) is 23.7 Å². The summed E-state index contributed by atoms with van der Waals surface area (Å²) in [7, 11) is 0. The molecule has 0 radical (unpaired) electrons. The maximum absolute atomic E-state index is 6.27. The SMILES string of the molecule is CC1CN(c2nccc3sccc23)CCC1Cl. The first-order valence-corrected chi connectivity index (χ1v) is 7.28. The summed E-state index contributed by atoms with van der Waals surface area (Å²) in [5, 5.41) is 3.72. The molecular formula is C13H15ClN2S. The second kappa shape index (κ2) is 4.46. The number of pyridine rings is 1. The van der Waals surface area contributed by atoms with Crippen molar-refractivity contribution in [3.8, 4) is 0 Å². The number of thiophene rings is 1. The molecule has 3 heterocycles. The number of nitrogens with zero attached hydrogens (tertiary/aromatic N) is 2. The van der Waals surface area contributed by atoms with E-state index < -0.39 is 0 Å². The lowest BCUT2D eigenvalue weighted by atomic mass is 9.99. The first-order valence-electron chi connectivity index (χ1n) is 5.97. The molecule has 0 bridgehead atoms. The van der Waals surface area contributed by atoms with Crippen LogP contribution in [0.1, 0.15) is 13.3 Å². The predicted octanol–water partition coefficient (Wildman–Crippen LogP) is 3.75. The van der Waals surface area contributed by atoms with E-state index in [1.807, 2.05) is 6.20 Å². The molecule has 1 aliphatic rings. The van der Waals surface area contributed by atoms with E-state index in [1.54, 1.807) is 11.3 Å². The molecule has 0 saturated carbocycles. The van der Waals surface area contributed by atoms with Gasteiger partial charge in [0.05, 0.1) is 0 Å². The fourth-order valence-electron chi connectivity index (χ4n) is 2.44. The van der Waals surface area contributed by atoms with Crippen LogP contribution in [0, 0.1) is 5.92 Å². The zero-order valence-corrected chi connectivity index (χ0v) is 11.3. The van der Waals surface area contributed by atoms with Crippen LogP contribution in [0.3, 0.4) is 0 Å². The molecule has 2 aromatic heterocycles. The first kappa shape index (κ1) is 11.3. The summed E-state index contributed by atoms with van der Waals surface area (Å²) in [5.41, 5.74) is 0.